The summed E-state index contributed by atoms with van der Waals surface area (Å²) in [6.07, 6.45) is 5.25. The molecule has 2 aliphatic heterocycles. The maximum atomic E-state index is 12.9. The van der Waals surface area contributed by atoms with Crippen LogP contribution in [0.2, 0.25) is 0 Å². The highest BCUT2D eigenvalue weighted by Crippen LogP contribution is 2.37. The zero-order valence-corrected chi connectivity index (χ0v) is 12.4. The van der Waals surface area contributed by atoms with Crippen LogP contribution in [0.1, 0.15) is 39.0 Å². The lowest BCUT2D eigenvalue weighted by Crippen LogP contribution is -2.48. The fourth-order valence-electron chi connectivity index (χ4n) is 3.68. The number of rotatable bonds is 5. The van der Waals surface area contributed by atoms with Crippen molar-refractivity contribution < 1.29 is 9.53 Å². The lowest BCUT2D eigenvalue weighted by molar-refractivity contribution is -0.143. The quantitative estimate of drug-likeness (QED) is 0.824. The average Bonchev–Trinajstić information content (AvgIpc) is 2.88. The first kappa shape index (κ1) is 14.8. The highest BCUT2D eigenvalue weighted by molar-refractivity contribution is 5.83. The Morgan fingerprint density at radius 2 is 2.16 bits per heavy atom. The number of methoxy groups -OCH3 is 1. The van der Waals surface area contributed by atoms with Crippen LogP contribution in [-0.4, -0.2) is 50.7 Å². The van der Waals surface area contributed by atoms with Crippen molar-refractivity contribution in [3.8, 4) is 0 Å². The molecule has 110 valence electrons. The molecule has 0 aliphatic carbocycles. The van der Waals surface area contributed by atoms with Gasteiger partial charge in [0.05, 0.1) is 12.0 Å². The highest BCUT2D eigenvalue weighted by atomic mass is 16.5. The van der Waals surface area contributed by atoms with E-state index in [1.165, 1.54) is 0 Å². The molecule has 0 aromatic carbocycles. The molecule has 1 atom stereocenters. The SMILES string of the molecule is CCCC1(C(=O)N2CCC(COC)C2)CCNCC1. The molecule has 1 unspecified atom stereocenters. The molecule has 2 rings (SSSR count). The van der Waals surface area contributed by atoms with Gasteiger partial charge in [0.2, 0.25) is 5.91 Å². The van der Waals surface area contributed by atoms with Crippen molar-refractivity contribution >= 4 is 5.91 Å². The van der Waals surface area contributed by atoms with E-state index in [0.717, 1.165) is 64.9 Å². The molecule has 0 saturated carbocycles. The Bertz CT molecular complexity index is 295. The Morgan fingerprint density at radius 1 is 1.42 bits per heavy atom. The third-order valence-electron chi connectivity index (χ3n) is 4.72. The number of piperidine rings is 1. The average molecular weight is 268 g/mol. The van der Waals surface area contributed by atoms with Crippen molar-refractivity contribution in [2.75, 3.05) is 39.9 Å². The summed E-state index contributed by atoms with van der Waals surface area (Å²) in [6, 6.07) is 0. The van der Waals surface area contributed by atoms with Crippen LogP contribution in [0.15, 0.2) is 0 Å². The second-order valence-corrected chi connectivity index (χ2v) is 6.14. The van der Waals surface area contributed by atoms with Crippen LogP contribution >= 0.6 is 0 Å². The molecule has 2 saturated heterocycles. The molecule has 2 fully saturated rings. The molecule has 1 N–H and O–H groups in total. The third kappa shape index (κ3) is 3.29. The van der Waals surface area contributed by atoms with Gasteiger partial charge in [-0.25, -0.2) is 0 Å². The number of nitrogens with zero attached hydrogens (tertiary/aromatic N) is 1. The van der Waals surface area contributed by atoms with E-state index in [1.54, 1.807) is 7.11 Å². The second-order valence-electron chi connectivity index (χ2n) is 6.14. The van der Waals surface area contributed by atoms with Crippen molar-refractivity contribution in [1.29, 1.82) is 0 Å². The van der Waals surface area contributed by atoms with Crippen molar-refractivity contribution in [1.82, 2.24) is 10.2 Å². The van der Waals surface area contributed by atoms with Gasteiger partial charge in [-0.2, -0.15) is 0 Å². The van der Waals surface area contributed by atoms with E-state index in [2.05, 4.69) is 17.1 Å². The molecule has 1 amide bonds. The summed E-state index contributed by atoms with van der Waals surface area (Å²) in [7, 11) is 1.75. The summed E-state index contributed by atoms with van der Waals surface area (Å²) in [5.41, 5.74) is -0.0814. The van der Waals surface area contributed by atoms with Gasteiger partial charge in [0.25, 0.3) is 0 Å². The van der Waals surface area contributed by atoms with Gasteiger partial charge in [0.1, 0.15) is 0 Å². The second kappa shape index (κ2) is 6.71. The number of likely N-dealkylation sites (tertiary alicyclic amines) is 1. The van der Waals surface area contributed by atoms with Crippen LogP contribution in [0.5, 0.6) is 0 Å². The number of ether oxygens (including phenoxy) is 1. The van der Waals surface area contributed by atoms with Gasteiger partial charge in [-0.1, -0.05) is 13.3 Å². The topological polar surface area (TPSA) is 41.6 Å². The molecule has 4 heteroatoms. The van der Waals surface area contributed by atoms with Gasteiger partial charge < -0.3 is 15.0 Å². The Labute approximate surface area is 116 Å². The number of hydrogen-bond donors (Lipinski definition) is 1. The molecule has 0 aromatic heterocycles. The molecule has 0 radical (unpaired) electrons. The first-order valence-electron chi connectivity index (χ1n) is 7.71. The molecule has 19 heavy (non-hydrogen) atoms. The first-order valence-corrected chi connectivity index (χ1v) is 7.71. The van der Waals surface area contributed by atoms with E-state index in [9.17, 15) is 4.79 Å². The van der Waals surface area contributed by atoms with Gasteiger partial charge >= 0.3 is 0 Å². The van der Waals surface area contributed by atoms with Crippen molar-refractivity contribution in [3.05, 3.63) is 0 Å². The number of nitrogens with one attached hydrogen (secondary N) is 1. The highest BCUT2D eigenvalue weighted by Gasteiger charge is 2.42. The Morgan fingerprint density at radius 3 is 2.79 bits per heavy atom. The smallest absolute Gasteiger partial charge is 0.228 e. The Hall–Kier alpha value is -0.610. The van der Waals surface area contributed by atoms with Crippen LogP contribution in [0, 0.1) is 11.3 Å². The summed E-state index contributed by atoms with van der Waals surface area (Å²) in [6.45, 7) is 6.76. The van der Waals surface area contributed by atoms with Crippen LogP contribution in [-0.2, 0) is 9.53 Å². The maximum absolute atomic E-state index is 12.9. The van der Waals surface area contributed by atoms with E-state index in [0.29, 0.717) is 11.8 Å². The van der Waals surface area contributed by atoms with Crippen molar-refractivity contribution in [3.63, 3.8) is 0 Å². The monoisotopic (exact) mass is 268 g/mol. The molecule has 0 bridgehead atoms. The lowest BCUT2D eigenvalue weighted by Gasteiger charge is -2.39. The number of hydrogen-bond acceptors (Lipinski definition) is 3. The zero-order chi connectivity index (χ0) is 13.7. The number of amides is 1. The largest absolute Gasteiger partial charge is 0.384 e. The van der Waals surface area contributed by atoms with E-state index in [4.69, 9.17) is 4.74 Å². The molecular formula is C15H28N2O2. The van der Waals surface area contributed by atoms with E-state index < -0.39 is 0 Å². The van der Waals surface area contributed by atoms with Crippen LogP contribution < -0.4 is 5.32 Å². The van der Waals surface area contributed by atoms with Crippen molar-refractivity contribution in [2.45, 2.75) is 39.0 Å². The number of carbonyl (C=O) groups excluding carboxylic acids is 1. The van der Waals surface area contributed by atoms with Crippen molar-refractivity contribution in [2.24, 2.45) is 11.3 Å². The molecule has 2 heterocycles. The van der Waals surface area contributed by atoms with E-state index in [1.807, 2.05) is 0 Å². The summed E-state index contributed by atoms with van der Waals surface area (Å²) >= 11 is 0. The summed E-state index contributed by atoms with van der Waals surface area (Å²) in [4.78, 5) is 15.0. The Balaban J connectivity index is 1.99. The lowest BCUT2D eigenvalue weighted by atomic mass is 9.74. The van der Waals surface area contributed by atoms with Crippen LogP contribution in [0.3, 0.4) is 0 Å². The number of carbonyl (C=O) groups is 1. The van der Waals surface area contributed by atoms with Gasteiger partial charge in [-0.15, -0.1) is 0 Å². The van der Waals surface area contributed by atoms with Gasteiger partial charge in [0.15, 0.2) is 0 Å². The summed E-state index contributed by atoms with van der Waals surface area (Å²) in [5, 5.41) is 3.38. The van der Waals surface area contributed by atoms with Crippen LogP contribution in [0.4, 0.5) is 0 Å². The molecule has 4 nitrogen and oxygen atoms in total. The normalized spacial score (nSPS) is 26.6. The summed E-state index contributed by atoms with van der Waals surface area (Å²) in [5.74, 6) is 0.948. The molecule has 0 spiro atoms. The first-order chi connectivity index (χ1) is 9.22. The molecule has 0 aromatic rings. The third-order valence-corrected chi connectivity index (χ3v) is 4.72. The molecule has 2 aliphatic rings. The minimum atomic E-state index is -0.0814. The fourth-order valence-corrected chi connectivity index (χ4v) is 3.68. The minimum absolute atomic E-state index is 0.0814. The predicted molar refractivity (Wildman–Crippen MR) is 76.0 cm³/mol. The van der Waals surface area contributed by atoms with E-state index >= 15 is 0 Å². The minimum Gasteiger partial charge on any atom is -0.384 e. The van der Waals surface area contributed by atoms with Crippen LogP contribution in [0.25, 0.3) is 0 Å². The van der Waals surface area contributed by atoms with Gasteiger partial charge in [-0.05, 0) is 38.8 Å². The van der Waals surface area contributed by atoms with Gasteiger partial charge in [-0.3, -0.25) is 4.79 Å². The zero-order valence-electron chi connectivity index (χ0n) is 12.4. The maximum Gasteiger partial charge on any atom is 0.228 e. The van der Waals surface area contributed by atoms with E-state index in [-0.39, 0.29) is 5.41 Å². The Kier molecular flexibility index (Phi) is 5.22. The van der Waals surface area contributed by atoms with Gasteiger partial charge in [0, 0.05) is 26.1 Å². The molecular weight excluding hydrogens is 240 g/mol. The summed E-state index contributed by atoms with van der Waals surface area (Å²) < 4.78 is 5.22. The predicted octanol–water partition coefficient (Wildman–Crippen LogP) is 1.65. The fraction of sp³-hybridized carbons (Fsp3) is 0.933. The standard InChI is InChI=1S/C15H28N2O2/c1-3-5-15(6-8-16-9-7-15)14(18)17-10-4-13(11-17)12-19-2/h13,16H,3-12H2,1-2H3.